The third kappa shape index (κ3) is 6.72. The Morgan fingerprint density at radius 2 is 2.10 bits per heavy atom. The number of nitrogens with zero attached hydrogens (tertiary/aromatic N) is 1. The summed E-state index contributed by atoms with van der Waals surface area (Å²) in [6.07, 6.45) is 3.41. The number of rotatable bonds is 6. The average molecular weight is 182 g/mol. The molecule has 0 spiro atoms. The van der Waals surface area contributed by atoms with E-state index in [1.807, 2.05) is 11.8 Å². The van der Waals surface area contributed by atoms with Crippen LogP contribution < -0.4 is 0 Å². The molecule has 0 aliphatic carbocycles. The van der Waals surface area contributed by atoms with E-state index in [1.54, 1.807) is 0 Å². The van der Waals surface area contributed by atoms with E-state index in [4.69, 9.17) is 11.6 Å². The minimum atomic E-state index is 0.746. The first kappa shape index (κ1) is 10.6. The van der Waals surface area contributed by atoms with Gasteiger partial charge in [0.25, 0.3) is 0 Å². The first-order chi connectivity index (χ1) is 4.81. The van der Waals surface area contributed by atoms with Gasteiger partial charge in [-0.1, -0.05) is 0 Å². The zero-order chi connectivity index (χ0) is 7.82. The molecule has 0 unspecified atom stereocenters. The molecule has 0 saturated carbocycles. The Morgan fingerprint density at radius 3 is 2.60 bits per heavy atom. The van der Waals surface area contributed by atoms with E-state index < -0.39 is 0 Å². The van der Waals surface area contributed by atoms with Gasteiger partial charge in [-0.3, -0.25) is 0 Å². The van der Waals surface area contributed by atoms with Crippen molar-refractivity contribution in [2.24, 2.45) is 0 Å². The van der Waals surface area contributed by atoms with Crippen LogP contribution in [0, 0.1) is 0 Å². The van der Waals surface area contributed by atoms with Gasteiger partial charge in [0, 0.05) is 12.4 Å². The van der Waals surface area contributed by atoms with Crippen molar-refractivity contribution in [3.8, 4) is 0 Å². The molecular formula is C7H16ClNS. The molecule has 0 aromatic heterocycles. The summed E-state index contributed by atoms with van der Waals surface area (Å²) in [5, 5.41) is 0. The minimum Gasteiger partial charge on any atom is -0.305 e. The van der Waals surface area contributed by atoms with Crippen LogP contribution in [-0.2, 0) is 0 Å². The Hall–Kier alpha value is 0.600. The van der Waals surface area contributed by atoms with Crippen LogP contribution in [0.25, 0.3) is 0 Å². The predicted molar refractivity (Wildman–Crippen MR) is 51.2 cm³/mol. The second-order valence-electron chi connectivity index (χ2n) is 2.34. The van der Waals surface area contributed by atoms with Crippen LogP contribution in [0.2, 0.25) is 0 Å². The zero-order valence-electron chi connectivity index (χ0n) is 6.77. The van der Waals surface area contributed by atoms with Crippen molar-refractivity contribution in [2.75, 3.05) is 38.0 Å². The van der Waals surface area contributed by atoms with Crippen LogP contribution in [0.5, 0.6) is 0 Å². The normalized spacial score (nSPS) is 10.8. The number of hydrogen-bond donors (Lipinski definition) is 0. The van der Waals surface area contributed by atoms with Gasteiger partial charge >= 0.3 is 0 Å². The first-order valence-electron chi connectivity index (χ1n) is 3.54. The fourth-order valence-electron chi connectivity index (χ4n) is 0.735. The highest BCUT2D eigenvalue weighted by molar-refractivity contribution is 7.98. The number of thioether (sulfide) groups is 1. The number of alkyl halides is 1. The van der Waals surface area contributed by atoms with E-state index in [2.05, 4.69) is 18.2 Å². The highest BCUT2D eigenvalue weighted by Gasteiger charge is 1.94. The molecule has 0 bridgehead atoms. The van der Waals surface area contributed by atoms with Crippen molar-refractivity contribution in [2.45, 2.75) is 6.42 Å². The molecule has 0 amide bonds. The summed E-state index contributed by atoms with van der Waals surface area (Å²) >= 11 is 7.46. The summed E-state index contributed by atoms with van der Waals surface area (Å²) in [7, 11) is 2.11. The summed E-state index contributed by atoms with van der Waals surface area (Å²) in [6.45, 7) is 2.18. The lowest BCUT2D eigenvalue weighted by Gasteiger charge is -2.13. The lowest BCUT2D eigenvalue weighted by molar-refractivity contribution is 0.357. The first-order valence-corrected chi connectivity index (χ1v) is 5.47. The van der Waals surface area contributed by atoms with Crippen LogP contribution in [0.1, 0.15) is 6.42 Å². The highest BCUT2D eigenvalue weighted by atomic mass is 35.5. The van der Waals surface area contributed by atoms with Gasteiger partial charge in [-0.2, -0.15) is 11.8 Å². The average Bonchev–Trinajstić information content (AvgIpc) is 1.89. The molecule has 62 valence electrons. The maximum absolute atomic E-state index is 5.56. The Morgan fingerprint density at radius 1 is 1.40 bits per heavy atom. The minimum absolute atomic E-state index is 0.746. The standard InChI is InChI=1S/C7H16ClNS/c1-9(6-4-8)5-3-7-10-2/h3-7H2,1-2H3. The Kier molecular flexibility index (Phi) is 8.17. The van der Waals surface area contributed by atoms with Crippen molar-refractivity contribution < 1.29 is 0 Å². The van der Waals surface area contributed by atoms with Crippen molar-refractivity contribution in [1.82, 2.24) is 4.90 Å². The number of halogens is 1. The Bertz CT molecular complexity index is 70.6. The molecule has 0 aromatic carbocycles. The summed E-state index contributed by atoms with van der Waals surface area (Å²) in [5.41, 5.74) is 0. The highest BCUT2D eigenvalue weighted by Crippen LogP contribution is 1.96. The second kappa shape index (κ2) is 7.70. The summed E-state index contributed by atoms with van der Waals surface area (Å²) < 4.78 is 0. The van der Waals surface area contributed by atoms with Gasteiger partial charge in [-0.25, -0.2) is 0 Å². The molecule has 0 saturated heterocycles. The summed E-state index contributed by atoms with van der Waals surface area (Å²) in [6, 6.07) is 0. The molecule has 0 rings (SSSR count). The molecule has 0 fully saturated rings. The lowest BCUT2D eigenvalue weighted by atomic mass is 10.4. The van der Waals surface area contributed by atoms with E-state index in [9.17, 15) is 0 Å². The van der Waals surface area contributed by atoms with Crippen molar-refractivity contribution in [3.63, 3.8) is 0 Å². The summed E-state index contributed by atoms with van der Waals surface area (Å²) in [4.78, 5) is 2.27. The molecule has 0 heterocycles. The van der Waals surface area contributed by atoms with Crippen LogP contribution >= 0.6 is 23.4 Å². The molecule has 0 atom stereocenters. The monoisotopic (exact) mass is 181 g/mol. The fourth-order valence-corrected chi connectivity index (χ4v) is 1.44. The third-order valence-electron chi connectivity index (χ3n) is 1.35. The SMILES string of the molecule is CSCCCN(C)CCCl. The predicted octanol–water partition coefficient (Wildman–Crippen LogP) is 1.91. The van der Waals surface area contributed by atoms with E-state index in [0.29, 0.717) is 0 Å². The van der Waals surface area contributed by atoms with Gasteiger partial charge in [0.2, 0.25) is 0 Å². The van der Waals surface area contributed by atoms with Crippen molar-refractivity contribution in [1.29, 1.82) is 0 Å². The molecule has 0 aromatic rings. The van der Waals surface area contributed by atoms with E-state index >= 15 is 0 Å². The zero-order valence-corrected chi connectivity index (χ0v) is 8.34. The number of hydrogen-bond acceptors (Lipinski definition) is 2. The molecule has 0 radical (unpaired) electrons. The molecule has 0 aliphatic rings. The molecule has 0 N–H and O–H groups in total. The largest absolute Gasteiger partial charge is 0.305 e. The van der Waals surface area contributed by atoms with Gasteiger partial charge in [0.1, 0.15) is 0 Å². The quantitative estimate of drug-likeness (QED) is 0.455. The van der Waals surface area contributed by atoms with Crippen LogP contribution in [0.4, 0.5) is 0 Å². The molecule has 0 aliphatic heterocycles. The van der Waals surface area contributed by atoms with Gasteiger partial charge in [0.05, 0.1) is 0 Å². The Labute approximate surface area is 73.1 Å². The van der Waals surface area contributed by atoms with E-state index in [-0.39, 0.29) is 0 Å². The van der Waals surface area contributed by atoms with Crippen LogP contribution in [-0.4, -0.2) is 42.9 Å². The summed E-state index contributed by atoms with van der Waals surface area (Å²) in [5.74, 6) is 2.00. The second-order valence-corrected chi connectivity index (χ2v) is 3.70. The molecule has 3 heteroatoms. The molecule has 10 heavy (non-hydrogen) atoms. The van der Waals surface area contributed by atoms with Crippen molar-refractivity contribution in [3.05, 3.63) is 0 Å². The molecular weight excluding hydrogens is 166 g/mol. The molecule has 1 nitrogen and oxygen atoms in total. The smallest absolute Gasteiger partial charge is 0.0351 e. The van der Waals surface area contributed by atoms with Crippen LogP contribution in [0.15, 0.2) is 0 Å². The van der Waals surface area contributed by atoms with E-state index in [1.165, 1.54) is 18.7 Å². The Balaban J connectivity index is 2.97. The maximum atomic E-state index is 5.56. The third-order valence-corrected chi connectivity index (χ3v) is 2.22. The van der Waals surface area contributed by atoms with Gasteiger partial charge < -0.3 is 4.90 Å². The van der Waals surface area contributed by atoms with E-state index in [0.717, 1.165) is 12.4 Å². The lowest BCUT2D eigenvalue weighted by Crippen LogP contribution is -2.22. The fraction of sp³-hybridized carbons (Fsp3) is 1.00. The van der Waals surface area contributed by atoms with Gasteiger partial charge in [0.15, 0.2) is 0 Å². The maximum Gasteiger partial charge on any atom is 0.0351 e. The van der Waals surface area contributed by atoms with Gasteiger partial charge in [-0.05, 0) is 32.0 Å². The van der Waals surface area contributed by atoms with Crippen molar-refractivity contribution >= 4 is 23.4 Å². The van der Waals surface area contributed by atoms with Gasteiger partial charge in [-0.15, -0.1) is 11.6 Å². The van der Waals surface area contributed by atoms with Crippen LogP contribution in [0.3, 0.4) is 0 Å². The topological polar surface area (TPSA) is 3.24 Å².